The number of methoxy groups -OCH3 is 1. The van der Waals surface area contributed by atoms with Gasteiger partial charge in [-0.3, -0.25) is 0 Å². The second-order valence-electron chi connectivity index (χ2n) is 5.74. The molecule has 1 N–H and O–H groups in total. The standard InChI is InChI=1S/C15H20ClNO5S/c1-20-13-4-2-10(16)8-15(13)23(18,19)17-11-3-5-12-14(9-11)22-7-6-21-12/h2,4,8,11-12,14,17H,3,5-7,9H2,1H3. The van der Waals surface area contributed by atoms with Crippen molar-refractivity contribution in [3.05, 3.63) is 23.2 Å². The van der Waals surface area contributed by atoms with Gasteiger partial charge in [0.25, 0.3) is 0 Å². The third kappa shape index (κ3) is 3.80. The molecule has 2 fully saturated rings. The van der Waals surface area contributed by atoms with Crippen LogP contribution in [0.5, 0.6) is 5.75 Å². The summed E-state index contributed by atoms with van der Waals surface area (Å²) in [6.45, 7) is 1.17. The van der Waals surface area contributed by atoms with Crippen LogP contribution in [0.25, 0.3) is 0 Å². The minimum Gasteiger partial charge on any atom is -0.495 e. The number of hydrogen-bond donors (Lipinski definition) is 1. The van der Waals surface area contributed by atoms with E-state index in [1.807, 2.05) is 0 Å². The molecular formula is C15H20ClNO5S. The van der Waals surface area contributed by atoms with Crippen LogP contribution in [0.1, 0.15) is 19.3 Å². The van der Waals surface area contributed by atoms with Crippen molar-refractivity contribution in [2.45, 2.75) is 42.4 Å². The van der Waals surface area contributed by atoms with E-state index in [4.69, 9.17) is 25.8 Å². The molecule has 23 heavy (non-hydrogen) atoms. The largest absolute Gasteiger partial charge is 0.495 e. The number of ether oxygens (including phenoxy) is 3. The van der Waals surface area contributed by atoms with Crippen LogP contribution in [-0.4, -0.2) is 47.0 Å². The van der Waals surface area contributed by atoms with Gasteiger partial charge in [0.05, 0.1) is 32.5 Å². The molecule has 1 aromatic carbocycles. The van der Waals surface area contributed by atoms with Crippen LogP contribution in [0.3, 0.4) is 0 Å². The Labute approximate surface area is 141 Å². The number of fused-ring (bicyclic) bond motifs is 1. The van der Waals surface area contributed by atoms with E-state index >= 15 is 0 Å². The van der Waals surface area contributed by atoms with Crippen LogP contribution in [0.15, 0.2) is 23.1 Å². The Morgan fingerprint density at radius 2 is 1.96 bits per heavy atom. The summed E-state index contributed by atoms with van der Waals surface area (Å²) in [5.41, 5.74) is 0. The lowest BCUT2D eigenvalue weighted by molar-refractivity contribution is -0.156. The molecular weight excluding hydrogens is 342 g/mol. The van der Waals surface area contributed by atoms with Crippen molar-refractivity contribution < 1.29 is 22.6 Å². The zero-order valence-corrected chi connectivity index (χ0v) is 14.4. The van der Waals surface area contributed by atoms with Gasteiger partial charge in [0.15, 0.2) is 0 Å². The van der Waals surface area contributed by atoms with Crippen LogP contribution in [0.4, 0.5) is 0 Å². The number of rotatable bonds is 4. The van der Waals surface area contributed by atoms with Crippen molar-refractivity contribution in [3.8, 4) is 5.75 Å². The summed E-state index contributed by atoms with van der Waals surface area (Å²) in [5.74, 6) is 0.271. The van der Waals surface area contributed by atoms with E-state index in [1.165, 1.54) is 13.2 Å². The topological polar surface area (TPSA) is 73.9 Å². The lowest BCUT2D eigenvalue weighted by Gasteiger charge is -2.38. The summed E-state index contributed by atoms with van der Waals surface area (Å²) in [6.07, 6.45) is 2.13. The Morgan fingerprint density at radius 3 is 2.70 bits per heavy atom. The molecule has 8 heteroatoms. The summed E-state index contributed by atoms with van der Waals surface area (Å²) in [7, 11) is -2.29. The molecule has 6 nitrogen and oxygen atoms in total. The first-order valence-electron chi connectivity index (χ1n) is 7.58. The Bertz CT molecular complexity index is 666. The summed E-state index contributed by atoms with van der Waals surface area (Å²) in [4.78, 5) is 0.0513. The minimum atomic E-state index is -3.72. The van der Waals surface area contributed by atoms with Crippen molar-refractivity contribution in [3.63, 3.8) is 0 Å². The normalized spacial score (nSPS) is 28.2. The molecule has 1 aliphatic carbocycles. The van der Waals surface area contributed by atoms with Crippen molar-refractivity contribution in [2.75, 3.05) is 20.3 Å². The number of halogens is 1. The molecule has 0 radical (unpaired) electrons. The average Bonchev–Trinajstić information content (AvgIpc) is 2.54. The number of benzene rings is 1. The monoisotopic (exact) mass is 361 g/mol. The highest BCUT2D eigenvalue weighted by atomic mass is 35.5. The van der Waals surface area contributed by atoms with Gasteiger partial charge in [-0.15, -0.1) is 0 Å². The smallest absolute Gasteiger partial charge is 0.244 e. The van der Waals surface area contributed by atoms with E-state index in [-0.39, 0.29) is 28.9 Å². The van der Waals surface area contributed by atoms with E-state index in [0.29, 0.717) is 31.1 Å². The van der Waals surface area contributed by atoms with Gasteiger partial charge in [0.1, 0.15) is 10.6 Å². The first kappa shape index (κ1) is 17.0. The lowest BCUT2D eigenvalue weighted by atomic mass is 9.90. The molecule has 1 aromatic rings. The molecule has 0 amide bonds. The zero-order chi connectivity index (χ0) is 16.4. The Balaban J connectivity index is 1.75. The maximum Gasteiger partial charge on any atom is 0.244 e. The highest BCUT2D eigenvalue weighted by Gasteiger charge is 2.36. The molecule has 1 heterocycles. The van der Waals surface area contributed by atoms with E-state index in [9.17, 15) is 8.42 Å². The molecule has 0 spiro atoms. The Hall–Kier alpha value is -0.860. The first-order valence-corrected chi connectivity index (χ1v) is 9.45. The van der Waals surface area contributed by atoms with E-state index < -0.39 is 10.0 Å². The van der Waals surface area contributed by atoms with Crippen LogP contribution < -0.4 is 9.46 Å². The second kappa shape index (κ2) is 6.94. The van der Waals surface area contributed by atoms with Crippen molar-refractivity contribution in [1.82, 2.24) is 4.72 Å². The summed E-state index contributed by atoms with van der Waals surface area (Å²) >= 11 is 5.93. The molecule has 1 aliphatic heterocycles. The van der Waals surface area contributed by atoms with Crippen LogP contribution in [0.2, 0.25) is 5.02 Å². The van der Waals surface area contributed by atoms with Crippen LogP contribution in [-0.2, 0) is 19.5 Å². The summed E-state index contributed by atoms with van der Waals surface area (Å²) < 4.78 is 44.6. The van der Waals surface area contributed by atoms with Crippen molar-refractivity contribution in [2.24, 2.45) is 0 Å². The number of nitrogens with one attached hydrogen (secondary N) is 1. The Kier molecular flexibility index (Phi) is 5.13. The lowest BCUT2D eigenvalue weighted by Crippen LogP contribution is -2.49. The zero-order valence-electron chi connectivity index (χ0n) is 12.8. The second-order valence-corrected chi connectivity index (χ2v) is 7.86. The van der Waals surface area contributed by atoms with Gasteiger partial charge in [-0.05, 0) is 37.5 Å². The highest BCUT2D eigenvalue weighted by molar-refractivity contribution is 7.89. The fourth-order valence-electron chi connectivity index (χ4n) is 3.12. The average molecular weight is 362 g/mol. The predicted molar refractivity (Wildman–Crippen MR) is 85.4 cm³/mol. The van der Waals surface area contributed by atoms with Gasteiger partial charge in [-0.25, -0.2) is 13.1 Å². The number of hydrogen-bond acceptors (Lipinski definition) is 5. The molecule has 1 saturated heterocycles. The van der Waals surface area contributed by atoms with Gasteiger partial charge in [0, 0.05) is 11.1 Å². The van der Waals surface area contributed by atoms with Gasteiger partial charge in [-0.2, -0.15) is 0 Å². The summed E-state index contributed by atoms with van der Waals surface area (Å²) in [6, 6.07) is 4.35. The van der Waals surface area contributed by atoms with Gasteiger partial charge in [-0.1, -0.05) is 11.6 Å². The van der Waals surface area contributed by atoms with Gasteiger partial charge < -0.3 is 14.2 Å². The fourth-order valence-corrected chi connectivity index (χ4v) is 4.83. The molecule has 3 unspecified atom stereocenters. The molecule has 0 bridgehead atoms. The van der Waals surface area contributed by atoms with Gasteiger partial charge in [0.2, 0.25) is 10.0 Å². The molecule has 1 saturated carbocycles. The van der Waals surface area contributed by atoms with Crippen molar-refractivity contribution >= 4 is 21.6 Å². The predicted octanol–water partition coefficient (Wildman–Crippen LogP) is 1.96. The van der Waals surface area contributed by atoms with Crippen LogP contribution >= 0.6 is 11.6 Å². The quantitative estimate of drug-likeness (QED) is 0.887. The third-order valence-corrected chi connectivity index (χ3v) is 5.99. The van der Waals surface area contributed by atoms with Crippen LogP contribution in [0, 0.1) is 0 Å². The molecule has 3 rings (SSSR count). The molecule has 0 aromatic heterocycles. The minimum absolute atomic E-state index is 0.0496. The SMILES string of the molecule is COc1ccc(Cl)cc1S(=O)(=O)NC1CCC2OCCOC2C1. The maximum atomic E-state index is 12.7. The fraction of sp³-hybridized carbons (Fsp3) is 0.600. The molecule has 128 valence electrons. The Morgan fingerprint density at radius 1 is 1.22 bits per heavy atom. The molecule has 3 atom stereocenters. The van der Waals surface area contributed by atoms with E-state index in [0.717, 1.165) is 6.42 Å². The van der Waals surface area contributed by atoms with E-state index in [2.05, 4.69) is 4.72 Å². The third-order valence-electron chi connectivity index (χ3n) is 4.22. The van der Waals surface area contributed by atoms with Gasteiger partial charge >= 0.3 is 0 Å². The molecule has 2 aliphatic rings. The van der Waals surface area contributed by atoms with E-state index in [1.54, 1.807) is 12.1 Å². The summed E-state index contributed by atoms with van der Waals surface area (Å²) in [5, 5.41) is 0.346. The highest BCUT2D eigenvalue weighted by Crippen LogP contribution is 2.30. The maximum absolute atomic E-state index is 12.7. The van der Waals surface area contributed by atoms with Crippen molar-refractivity contribution in [1.29, 1.82) is 0 Å². The first-order chi connectivity index (χ1) is 11.0. The number of sulfonamides is 1.